The third-order valence-electron chi connectivity index (χ3n) is 9.66. The maximum Gasteiger partial charge on any atom is 0.337 e. The summed E-state index contributed by atoms with van der Waals surface area (Å²) in [4.78, 5) is 50.6. The smallest absolute Gasteiger partial charge is 0.337 e. The van der Waals surface area contributed by atoms with Gasteiger partial charge in [0.25, 0.3) is 11.8 Å². The van der Waals surface area contributed by atoms with Gasteiger partial charge in [-0.25, -0.2) is 9.59 Å². The fraction of sp³-hybridized carbons (Fsp3) is 0.0417. The van der Waals surface area contributed by atoms with Crippen molar-refractivity contribution in [3.05, 3.63) is 192 Å². The Balaban J connectivity index is 1.19. The lowest BCUT2D eigenvalue weighted by Crippen LogP contribution is -2.26. The molecule has 0 saturated heterocycles. The number of carbonyl (C=O) groups excluding carboxylic acids is 2. The number of anilines is 1. The molecule has 11 nitrogen and oxygen atoms in total. The van der Waals surface area contributed by atoms with Crippen LogP contribution in [-0.4, -0.2) is 41.0 Å². The molecule has 0 saturated carbocycles. The van der Waals surface area contributed by atoms with E-state index in [0.29, 0.717) is 44.6 Å². The zero-order valence-corrected chi connectivity index (χ0v) is 33.2. The Morgan fingerprint density at radius 3 is 1.75 bits per heavy atom. The van der Waals surface area contributed by atoms with Gasteiger partial charge < -0.3 is 34.9 Å². The molecular weight excluding hydrogens is 780 g/mol. The van der Waals surface area contributed by atoms with Crippen LogP contribution in [0.25, 0.3) is 11.1 Å². The van der Waals surface area contributed by atoms with Gasteiger partial charge >= 0.3 is 11.9 Å². The summed E-state index contributed by atoms with van der Waals surface area (Å²) in [6, 6.07) is 45.7. The van der Waals surface area contributed by atoms with Crippen molar-refractivity contribution in [1.29, 1.82) is 0 Å². The van der Waals surface area contributed by atoms with Crippen molar-refractivity contribution in [2.75, 3.05) is 12.4 Å². The lowest BCUT2D eigenvalue weighted by atomic mass is 9.92. The predicted molar refractivity (Wildman–Crippen MR) is 231 cm³/mol. The summed E-state index contributed by atoms with van der Waals surface area (Å²) in [7, 11) is -2.19. The van der Waals surface area contributed by atoms with E-state index in [1.54, 1.807) is 42.5 Å². The Bertz CT molecular complexity index is 2750. The van der Waals surface area contributed by atoms with Crippen LogP contribution in [0.15, 0.2) is 164 Å². The SMILES string of the molecule is CNC(=O)c1cccc(-c2ccc(C(=O)Nc3ccc(Oc4ccc(Oc5ccc(C)cc5)cc4P(=O)(c4ccccc4)c4ccccc4)cc3)c(C(=O)O)c2)c1C(=O)O. The summed E-state index contributed by atoms with van der Waals surface area (Å²) in [6.07, 6.45) is 0. The molecule has 0 bridgehead atoms. The quantitative estimate of drug-likeness (QED) is 0.0831. The fourth-order valence-electron chi connectivity index (χ4n) is 6.70. The van der Waals surface area contributed by atoms with Crippen molar-refractivity contribution in [3.63, 3.8) is 0 Å². The van der Waals surface area contributed by atoms with E-state index in [1.807, 2.05) is 91.9 Å². The molecule has 4 N–H and O–H groups in total. The van der Waals surface area contributed by atoms with Gasteiger partial charge in [-0.05, 0) is 90.8 Å². The van der Waals surface area contributed by atoms with Gasteiger partial charge in [0.15, 0.2) is 7.14 Å². The first kappa shape index (κ1) is 40.4. The minimum Gasteiger partial charge on any atom is -0.478 e. The van der Waals surface area contributed by atoms with E-state index >= 15 is 4.57 Å². The lowest BCUT2D eigenvalue weighted by Gasteiger charge is -2.23. The van der Waals surface area contributed by atoms with E-state index in [0.717, 1.165) is 5.56 Å². The molecule has 0 heterocycles. The van der Waals surface area contributed by atoms with Gasteiger partial charge in [0.05, 0.1) is 27.6 Å². The number of carbonyl (C=O) groups is 4. The third-order valence-corrected chi connectivity index (χ3v) is 12.7. The molecule has 0 aliphatic carbocycles. The number of nitrogens with one attached hydrogen (secondary N) is 2. The van der Waals surface area contributed by atoms with Crippen LogP contribution in [0.5, 0.6) is 23.0 Å². The maximum atomic E-state index is 15.6. The molecule has 0 aliphatic rings. The second kappa shape index (κ2) is 17.4. The van der Waals surface area contributed by atoms with Crippen molar-refractivity contribution in [2.24, 2.45) is 0 Å². The Morgan fingerprint density at radius 1 is 0.550 bits per heavy atom. The minimum atomic E-state index is -3.56. The van der Waals surface area contributed by atoms with Crippen LogP contribution in [0, 0.1) is 6.92 Å². The highest BCUT2D eigenvalue weighted by atomic mass is 31.2. The largest absolute Gasteiger partial charge is 0.478 e. The van der Waals surface area contributed by atoms with Crippen LogP contribution in [0.4, 0.5) is 5.69 Å². The molecule has 2 amide bonds. The summed E-state index contributed by atoms with van der Waals surface area (Å²) in [6.45, 7) is 1.98. The van der Waals surface area contributed by atoms with Gasteiger partial charge in [0.1, 0.15) is 23.0 Å². The van der Waals surface area contributed by atoms with Crippen LogP contribution in [-0.2, 0) is 4.57 Å². The standard InChI is InChI=1S/C48H37N2O9P/c1-30-16-21-33(22-17-30)58-35-25-27-42(43(29-35)60(57,36-10-5-3-6-11-36)37-12-7-4-8-13-37)59-34-23-19-32(20-24-34)50-46(52)39-26-18-31(28-41(39)47(53)54)38-14-9-15-40(45(51)49-2)44(38)48(55)56/h3-29H,1-2H3,(H,49,51)(H,50,52)(H,53,54)(H,55,56). The van der Waals surface area contributed by atoms with Gasteiger partial charge in [0, 0.05) is 23.3 Å². The zero-order chi connectivity index (χ0) is 42.4. The monoisotopic (exact) mass is 816 g/mol. The van der Waals surface area contributed by atoms with Crippen molar-refractivity contribution < 1.29 is 43.4 Å². The Hall–Kier alpha value is -7.75. The van der Waals surface area contributed by atoms with Gasteiger partial charge in [-0.15, -0.1) is 0 Å². The molecule has 7 rings (SSSR count). The number of hydrogen-bond donors (Lipinski definition) is 4. The fourth-order valence-corrected chi connectivity index (χ4v) is 9.48. The molecule has 0 atom stereocenters. The second-order valence-electron chi connectivity index (χ2n) is 13.6. The van der Waals surface area contributed by atoms with E-state index in [2.05, 4.69) is 10.6 Å². The number of carboxylic acids is 2. The highest BCUT2D eigenvalue weighted by Gasteiger charge is 2.34. The van der Waals surface area contributed by atoms with Crippen LogP contribution >= 0.6 is 7.14 Å². The number of rotatable bonds is 13. The Labute approximate surface area is 345 Å². The zero-order valence-electron chi connectivity index (χ0n) is 32.3. The van der Waals surface area contributed by atoms with Gasteiger partial charge in [0.2, 0.25) is 0 Å². The van der Waals surface area contributed by atoms with Crippen LogP contribution in [0.3, 0.4) is 0 Å². The number of amides is 2. The highest BCUT2D eigenvalue weighted by Crippen LogP contribution is 2.47. The summed E-state index contributed by atoms with van der Waals surface area (Å²) < 4.78 is 28.3. The molecule has 12 heteroatoms. The first-order valence-corrected chi connectivity index (χ1v) is 20.3. The number of hydrogen-bond acceptors (Lipinski definition) is 7. The number of aryl methyl sites for hydroxylation is 1. The van der Waals surface area contributed by atoms with Crippen molar-refractivity contribution in [1.82, 2.24) is 5.32 Å². The summed E-state index contributed by atoms with van der Waals surface area (Å²) in [5, 5.41) is 26.8. The topological polar surface area (TPSA) is 168 Å². The van der Waals surface area contributed by atoms with Crippen molar-refractivity contribution in [2.45, 2.75) is 6.92 Å². The predicted octanol–water partition coefficient (Wildman–Crippen LogP) is 8.89. The average Bonchev–Trinajstić information content (AvgIpc) is 3.27. The first-order chi connectivity index (χ1) is 29.0. The van der Waals surface area contributed by atoms with Crippen LogP contribution in [0.1, 0.15) is 47.0 Å². The maximum absolute atomic E-state index is 15.6. The first-order valence-electron chi connectivity index (χ1n) is 18.6. The van der Waals surface area contributed by atoms with E-state index in [1.165, 1.54) is 43.4 Å². The number of aromatic carboxylic acids is 2. The molecular formula is C48H37N2O9P. The molecule has 0 aromatic heterocycles. The number of benzene rings is 7. The molecule has 7 aromatic rings. The van der Waals surface area contributed by atoms with E-state index in [9.17, 15) is 29.4 Å². The van der Waals surface area contributed by atoms with E-state index in [-0.39, 0.29) is 33.4 Å². The number of ether oxygens (including phenoxy) is 2. The average molecular weight is 817 g/mol. The third kappa shape index (κ3) is 8.43. The van der Waals surface area contributed by atoms with Crippen molar-refractivity contribution >= 4 is 52.5 Å². The normalized spacial score (nSPS) is 11.0. The van der Waals surface area contributed by atoms with Crippen molar-refractivity contribution in [3.8, 4) is 34.1 Å². The molecule has 0 radical (unpaired) electrons. The molecule has 60 heavy (non-hydrogen) atoms. The summed E-state index contributed by atoms with van der Waals surface area (Å²) >= 11 is 0. The molecule has 0 aliphatic heterocycles. The molecule has 0 spiro atoms. The number of carboxylic acid groups (broad SMARTS) is 2. The van der Waals surface area contributed by atoms with Gasteiger partial charge in [-0.2, -0.15) is 0 Å². The summed E-state index contributed by atoms with van der Waals surface area (Å²) in [5.41, 5.74) is 0.720. The van der Waals surface area contributed by atoms with Crippen LogP contribution < -0.4 is 36.0 Å². The molecule has 7 aromatic carbocycles. The highest BCUT2D eigenvalue weighted by molar-refractivity contribution is 7.85. The minimum absolute atomic E-state index is 0.101. The van der Waals surface area contributed by atoms with Crippen LogP contribution in [0.2, 0.25) is 0 Å². The van der Waals surface area contributed by atoms with Gasteiger partial charge in [-0.3, -0.25) is 9.59 Å². The second-order valence-corrected chi connectivity index (χ2v) is 16.3. The van der Waals surface area contributed by atoms with Gasteiger partial charge in [-0.1, -0.05) is 96.6 Å². The Kier molecular flexibility index (Phi) is 11.7. The lowest BCUT2D eigenvalue weighted by molar-refractivity contribution is 0.0684. The van der Waals surface area contributed by atoms with E-state index < -0.39 is 30.9 Å². The molecule has 0 fully saturated rings. The van der Waals surface area contributed by atoms with E-state index in [4.69, 9.17) is 9.47 Å². The summed E-state index contributed by atoms with van der Waals surface area (Å²) in [5.74, 6) is -2.41. The Morgan fingerprint density at radius 2 is 1.15 bits per heavy atom. The molecule has 298 valence electrons. The molecule has 0 unspecified atom stereocenters.